The lowest BCUT2D eigenvalue weighted by Gasteiger charge is -2.25. The Balaban J connectivity index is 1.98. The Labute approximate surface area is 182 Å². The van der Waals surface area contributed by atoms with Gasteiger partial charge in [-0.25, -0.2) is 0 Å². The van der Waals surface area contributed by atoms with E-state index in [1.54, 1.807) is 23.9 Å². The van der Waals surface area contributed by atoms with Crippen molar-refractivity contribution in [2.75, 3.05) is 23.9 Å². The van der Waals surface area contributed by atoms with Crippen molar-refractivity contribution in [1.29, 1.82) is 0 Å². The Morgan fingerprint density at radius 1 is 1.22 bits per heavy atom. The van der Waals surface area contributed by atoms with Crippen LogP contribution in [0.1, 0.15) is 31.2 Å². The Hall–Kier alpha value is -1.12. The van der Waals surface area contributed by atoms with Gasteiger partial charge < -0.3 is 9.47 Å². The molecule has 2 aromatic carbocycles. The number of anilines is 1. The first kappa shape index (κ1) is 20.6. The van der Waals surface area contributed by atoms with Crippen LogP contribution in [0.4, 0.5) is 5.69 Å². The fourth-order valence-electron chi connectivity index (χ4n) is 2.89. The molecule has 7 heteroatoms. The van der Waals surface area contributed by atoms with Crippen molar-refractivity contribution >= 4 is 57.5 Å². The maximum atomic E-state index is 12.6. The molecule has 1 atom stereocenters. The molecule has 0 aromatic heterocycles. The number of halogens is 2. The lowest BCUT2D eigenvalue weighted by molar-refractivity contribution is -0.115. The van der Waals surface area contributed by atoms with E-state index in [1.165, 1.54) is 0 Å². The van der Waals surface area contributed by atoms with E-state index in [9.17, 15) is 4.79 Å². The van der Waals surface area contributed by atoms with Gasteiger partial charge in [0.15, 0.2) is 11.5 Å². The molecule has 3 rings (SSSR count). The molecule has 2 aromatic rings. The Kier molecular flexibility index (Phi) is 7.16. The van der Waals surface area contributed by atoms with Crippen LogP contribution in [-0.2, 0) is 4.79 Å². The lowest BCUT2D eigenvalue weighted by Crippen LogP contribution is -2.27. The molecule has 0 spiro atoms. The maximum Gasteiger partial charge on any atom is 0.238 e. The fourth-order valence-corrected chi connectivity index (χ4v) is 4.95. The van der Waals surface area contributed by atoms with Crippen LogP contribution in [0, 0.1) is 3.57 Å². The van der Waals surface area contributed by atoms with Crippen LogP contribution in [0.15, 0.2) is 36.4 Å². The fraction of sp³-hybridized carbons (Fsp3) is 0.350. The van der Waals surface area contributed by atoms with Crippen molar-refractivity contribution in [1.82, 2.24) is 0 Å². The Morgan fingerprint density at radius 2 is 1.96 bits per heavy atom. The molecule has 0 radical (unpaired) electrons. The van der Waals surface area contributed by atoms with Gasteiger partial charge in [0.2, 0.25) is 5.91 Å². The highest BCUT2D eigenvalue weighted by atomic mass is 127. The van der Waals surface area contributed by atoms with Gasteiger partial charge >= 0.3 is 0 Å². The summed E-state index contributed by atoms with van der Waals surface area (Å²) in [6, 6.07) is 11.4. The molecule has 1 aliphatic heterocycles. The summed E-state index contributed by atoms with van der Waals surface area (Å²) < 4.78 is 12.7. The van der Waals surface area contributed by atoms with Gasteiger partial charge in [-0.2, -0.15) is 0 Å². The number of ether oxygens (including phenoxy) is 2. The number of nitrogens with zero attached hydrogens (tertiary/aromatic N) is 1. The molecule has 0 saturated carbocycles. The second-order valence-corrected chi connectivity index (χ2v) is 8.68. The summed E-state index contributed by atoms with van der Waals surface area (Å²) in [6.07, 6.45) is 0.931. The summed E-state index contributed by atoms with van der Waals surface area (Å²) in [7, 11) is 0. The van der Waals surface area contributed by atoms with Crippen molar-refractivity contribution in [3.05, 3.63) is 50.6 Å². The van der Waals surface area contributed by atoms with Gasteiger partial charge in [0.1, 0.15) is 5.37 Å². The van der Waals surface area contributed by atoms with Crippen LogP contribution >= 0.6 is 46.0 Å². The van der Waals surface area contributed by atoms with Gasteiger partial charge in [-0.1, -0.05) is 18.5 Å². The van der Waals surface area contributed by atoms with Gasteiger partial charge in [-0.15, -0.1) is 11.8 Å². The zero-order valence-corrected chi connectivity index (χ0v) is 18.9. The molecule has 4 nitrogen and oxygen atoms in total. The molecule has 144 valence electrons. The second kappa shape index (κ2) is 9.39. The van der Waals surface area contributed by atoms with E-state index in [0.29, 0.717) is 24.0 Å². The minimum absolute atomic E-state index is 0.0894. The molecular formula is C20H21ClINO3S. The average Bonchev–Trinajstić information content (AvgIpc) is 3.03. The van der Waals surface area contributed by atoms with E-state index in [-0.39, 0.29) is 11.3 Å². The van der Waals surface area contributed by atoms with E-state index in [4.69, 9.17) is 21.1 Å². The molecule has 1 amide bonds. The summed E-state index contributed by atoms with van der Waals surface area (Å²) in [5.74, 6) is 2.04. The van der Waals surface area contributed by atoms with Gasteiger partial charge in [0.05, 0.1) is 22.5 Å². The first-order chi connectivity index (χ1) is 13.0. The monoisotopic (exact) mass is 517 g/mol. The predicted octanol–water partition coefficient (Wildman–Crippen LogP) is 5.91. The standard InChI is InChI=1S/C20H21ClINO3S/c1-3-9-26-19-16(22)10-13(11-17(19)25-4-2)20-23(18(24)12-27-20)15-7-5-14(21)6-8-15/h5-8,10-11,20H,3-4,9,12H2,1-2H3/t20-/m0/s1. The maximum absolute atomic E-state index is 12.6. The van der Waals surface area contributed by atoms with E-state index in [1.807, 2.05) is 30.0 Å². The Morgan fingerprint density at radius 3 is 2.63 bits per heavy atom. The molecule has 27 heavy (non-hydrogen) atoms. The normalized spacial score (nSPS) is 16.7. The highest BCUT2D eigenvalue weighted by Crippen LogP contribution is 2.45. The van der Waals surface area contributed by atoms with Gasteiger partial charge in [0, 0.05) is 10.7 Å². The number of hydrogen-bond donors (Lipinski definition) is 0. The quantitative estimate of drug-likeness (QED) is 0.428. The van der Waals surface area contributed by atoms with Gasteiger partial charge in [-0.3, -0.25) is 9.69 Å². The molecule has 1 saturated heterocycles. The van der Waals surface area contributed by atoms with Crippen molar-refractivity contribution in [2.45, 2.75) is 25.6 Å². The smallest absolute Gasteiger partial charge is 0.238 e. The molecule has 0 unspecified atom stereocenters. The van der Waals surface area contributed by atoms with Crippen LogP contribution in [0.5, 0.6) is 11.5 Å². The molecular weight excluding hydrogens is 497 g/mol. The number of hydrogen-bond acceptors (Lipinski definition) is 4. The average molecular weight is 518 g/mol. The molecule has 0 N–H and O–H groups in total. The molecule has 1 fully saturated rings. The zero-order chi connectivity index (χ0) is 19.4. The SMILES string of the molecule is CCCOc1c(I)cc([C@@H]2SCC(=O)N2c2ccc(Cl)cc2)cc1OCC. The summed E-state index contributed by atoms with van der Waals surface area (Å²) in [4.78, 5) is 14.4. The highest BCUT2D eigenvalue weighted by molar-refractivity contribution is 14.1. The van der Waals surface area contributed by atoms with Crippen LogP contribution < -0.4 is 14.4 Å². The first-order valence-corrected chi connectivity index (χ1v) is 11.3. The molecule has 0 aliphatic carbocycles. The van der Waals surface area contributed by atoms with Gasteiger partial charge in [0.25, 0.3) is 0 Å². The van der Waals surface area contributed by atoms with E-state index >= 15 is 0 Å². The number of benzene rings is 2. The molecule has 1 heterocycles. The lowest BCUT2D eigenvalue weighted by atomic mass is 10.1. The summed E-state index contributed by atoms with van der Waals surface area (Å²) in [5.41, 5.74) is 1.87. The second-order valence-electron chi connectivity index (χ2n) is 6.01. The van der Waals surface area contributed by atoms with Crippen molar-refractivity contribution in [3.8, 4) is 11.5 Å². The van der Waals surface area contributed by atoms with Crippen LogP contribution in [0.2, 0.25) is 5.02 Å². The minimum atomic E-state index is -0.105. The van der Waals surface area contributed by atoms with E-state index in [2.05, 4.69) is 35.6 Å². The Bertz CT molecular complexity index is 816. The largest absolute Gasteiger partial charge is 0.490 e. The number of carbonyl (C=O) groups is 1. The number of carbonyl (C=O) groups excluding carboxylic acids is 1. The number of thioether (sulfide) groups is 1. The third-order valence-corrected chi connectivity index (χ3v) is 6.31. The van der Waals surface area contributed by atoms with E-state index < -0.39 is 0 Å². The van der Waals surface area contributed by atoms with Crippen LogP contribution in [0.3, 0.4) is 0 Å². The highest BCUT2D eigenvalue weighted by Gasteiger charge is 2.35. The van der Waals surface area contributed by atoms with Crippen molar-refractivity contribution in [2.24, 2.45) is 0 Å². The number of amides is 1. The third kappa shape index (κ3) is 4.66. The van der Waals surface area contributed by atoms with E-state index in [0.717, 1.165) is 32.7 Å². The minimum Gasteiger partial charge on any atom is -0.490 e. The zero-order valence-electron chi connectivity index (χ0n) is 15.2. The summed E-state index contributed by atoms with van der Waals surface area (Å²) in [6.45, 7) is 5.23. The van der Waals surface area contributed by atoms with Crippen LogP contribution in [-0.4, -0.2) is 24.9 Å². The molecule has 0 bridgehead atoms. The molecule has 1 aliphatic rings. The number of rotatable bonds is 7. The summed E-state index contributed by atoms with van der Waals surface area (Å²) >= 11 is 9.89. The van der Waals surface area contributed by atoms with Crippen molar-refractivity contribution < 1.29 is 14.3 Å². The summed E-state index contributed by atoms with van der Waals surface area (Å²) in [5, 5.41) is 0.548. The third-order valence-electron chi connectivity index (χ3n) is 4.04. The topological polar surface area (TPSA) is 38.8 Å². The first-order valence-electron chi connectivity index (χ1n) is 8.83. The predicted molar refractivity (Wildman–Crippen MR) is 120 cm³/mol. The van der Waals surface area contributed by atoms with Gasteiger partial charge in [-0.05, 0) is 77.9 Å². The van der Waals surface area contributed by atoms with Crippen LogP contribution in [0.25, 0.3) is 0 Å². The van der Waals surface area contributed by atoms with Crippen molar-refractivity contribution in [3.63, 3.8) is 0 Å².